The SMILES string of the molecule is c1ccc(CN(Cc2ccccc2)[C@H]2C[C@@H]2c2ccccc2)cc1. The normalized spacial score (nSPS) is 19.4. The van der Waals surface area contributed by atoms with Gasteiger partial charge in [0.05, 0.1) is 0 Å². The van der Waals surface area contributed by atoms with Crippen molar-refractivity contribution in [3.8, 4) is 0 Å². The van der Waals surface area contributed by atoms with Crippen LogP contribution in [0.25, 0.3) is 0 Å². The standard InChI is InChI=1S/C23H23N/c1-4-10-19(11-5-1)17-24(18-20-12-6-2-7-13-20)23-16-22(23)21-14-8-3-9-15-21/h1-15,22-23H,16-18H2/t22-,23+/m1/s1. The van der Waals surface area contributed by atoms with Crippen molar-refractivity contribution in [3.05, 3.63) is 108 Å². The van der Waals surface area contributed by atoms with E-state index in [0.717, 1.165) is 13.1 Å². The lowest BCUT2D eigenvalue weighted by Crippen LogP contribution is -2.26. The van der Waals surface area contributed by atoms with Gasteiger partial charge in [0.2, 0.25) is 0 Å². The molecular weight excluding hydrogens is 290 g/mol. The van der Waals surface area contributed by atoms with Gasteiger partial charge in [0.1, 0.15) is 0 Å². The van der Waals surface area contributed by atoms with Gasteiger partial charge in [-0.2, -0.15) is 0 Å². The monoisotopic (exact) mass is 313 g/mol. The zero-order valence-electron chi connectivity index (χ0n) is 13.9. The topological polar surface area (TPSA) is 3.24 Å². The molecule has 1 aliphatic carbocycles. The van der Waals surface area contributed by atoms with Crippen molar-refractivity contribution in [1.82, 2.24) is 4.90 Å². The third kappa shape index (κ3) is 3.58. The summed E-state index contributed by atoms with van der Waals surface area (Å²) in [4.78, 5) is 2.64. The van der Waals surface area contributed by atoms with E-state index in [9.17, 15) is 0 Å². The minimum Gasteiger partial charge on any atom is -0.291 e. The second-order valence-electron chi connectivity index (χ2n) is 6.70. The summed E-state index contributed by atoms with van der Waals surface area (Å²) in [5, 5.41) is 0. The largest absolute Gasteiger partial charge is 0.291 e. The molecule has 0 radical (unpaired) electrons. The molecule has 1 fully saturated rings. The number of hydrogen-bond acceptors (Lipinski definition) is 1. The molecule has 1 aliphatic rings. The van der Waals surface area contributed by atoms with Crippen LogP contribution in [0.5, 0.6) is 0 Å². The summed E-state index contributed by atoms with van der Waals surface area (Å²) in [5.74, 6) is 0.679. The molecule has 0 N–H and O–H groups in total. The van der Waals surface area contributed by atoms with Gasteiger partial charge in [0.15, 0.2) is 0 Å². The second kappa shape index (κ2) is 7.02. The van der Waals surface area contributed by atoms with Crippen LogP contribution >= 0.6 is 0 Å². The van der Waals surface area contributed by atoms with Crippen molar-refractivity contribution in [3.63, 3.8) is 0 Å². The highest BCUT2D eigenvalue weighted by Gasteiger charge is 2.42. The van der Waals surface area contributed by atoms with Gasteiger partial charge in [-0.05, 0) is 23.1 Å². The molecule has 3 aromatic carbocycles. The van der Waals surface area contributed by atoms with Crippen molar-refractivity contribution in [2.75, 3.05) is 0 Å². The van der Waals surface area contributed by atoms with E-state index in [0.29, 0.717) is 12.0 Å². The van der Waals surface area contributed by atoms with Crippen LogP contribution in [0.4, 0.5) is 0 Å². The maximum absolute atomic E-state index is 2.64. The lowest BCUT2D eigenvalue weighted by molar-refractivity contribution is 0.241. The van der Waals surface area contributed by atoms with E-state index in [1.807, 2.05) is 0 Å². The van der Waals surface area contributed by atoms with Crippen molar-refractivity contribution in [2.45, 2.75) is 31.5 Å². The number of nitrogens with zero attached hydrogens (tertiary/aromatic N) is 1. The Hall–Kier alpha value is -2.38. The first-order valence-corrected chi connectivity index (χ1v) is 8.77. The van der Waals surface area contributed by atoms with E-state index in [2.05, 4.69) is 95.9 Å². The Kier molecular flexibility index (Phi) is 4.44. The Morgan fingerprint density at radius 1 is 0.625 bits per heavy atom. The summed E-state index contributed by atoms with van der Waals surface area (Å²) in [5.41, 5.74) is 4.27. The molecule has 1 saturated carbocycles. The van der Waals surface area contributed by atoms with Gasteiger partial charge in [0.25, 0.3) is 0 Å². The first kappa shape index (κ1) is 15.2. The molecule has 0 aliphatic heterocycles. The summed E-state index contributed by atoms with van der Waals surface area (Å²) < 4.78 is 0. The molecule has 0 aromatic heterocycles. The molecule has 24 heavy (non-hydrogen) atoms. The van der Waals surface area contributed by atoms with E-state index < -0.39 is 0 Å². The third-order valence-corrected chi connectivity index (χ3v) is 4.91. The molecule has 0 bridgehead atoms. The smallest absolute Gasteiger partial charge is 0.0240 e. The van der Waals surface area contributed by atoms with Crippen LogP contribution in [0.3, 0.4) is 0 Å². The molecule has 0 heterocycles. The summed E-state index contributed by atoms with van der Waals surface area (Å²) in [6, 6.07) is 33.3. The van der Waals surface area contributed by atoms with Crippen molar-refractivity contribution < 1.29 is 0 Å². The first-order valence-electron chi connectivity index (χ1n) is 8.77. The van der Waals surface area contributed by atoms with Gasteiger partial charge in [-0.3, -0.25) is 4.90 Å². The second-order valence-corrected chi connectivity index (χ2v) is 6.70. The highest BCUT2D eigenvalue weighted by molar-refractivity contribution is 5.29. The quantitative estimate of drug-likeness (QED) is 0.601. The Morgan fingerprint density at radius 2 is 1.08 bits per heavy atom. The molecule has 3 aromatic rings. The number of benzene rings is 3. The average Bonchev–Trinajstić information content (AvgIpc) is 3.45. The predicted octanol–water partition coefficient (Wildman–Crippen LogP) is 5.24. The zero-order valence-corrected chi connectivity index (χ0v) is 13.9. The Morgan fingerprint density at radius 3 is 1.58 bits per heavy atom. The minimum atomic E-state index is 0.646. The highest BCUT2D eigenvalue weighted by atomic mass is 15.2. The van der Waals surface area contributed by atoms with Crippen LogP contribution in [-0.2, 0) is 13.1 Å². The van der Waals surface area contributed by atoms with Crippen LogP contribution in [0.15, 0.2) is 91.0 Å². The van der Waals surface area contributed by atoms with Gasteiger partial charge >= 0.3 is 0 Å². The molecule has 0 unspecified atom stereocenters. The maximum atomic E-state index is 2.64. The predicted molar refractivity (Wildman–Crippen MR) is 99.7 cm³/mol. The Labute approximate surface area is 144 Å². The van der Waals surface area contributed by atoms with Crippen LogP contribution in [0.1, 0.15) is 29.0 Å². The van der Waals surface area contributed by atoms with Crippen molar-refractivity contribution >= 4 is 0 Å². The van der Waals surface area contributed by atoms with Crippen LogP contribution in [0.2, 0.25) is 0 Å². The molecule has 120 valence electrons. The summed E-state index contributed by atoms with van der Waals surface area (Å²) in [6.07, 6.45) is 1.27. The summed E-state index contributed by atoms with van der Waals surface area (Å²) >= 11 is 0. The van der Waals surface area contributed by atoms with Crippen LogP contribution in [0, 0.1) is 0 Å². The van der Waals surface area contributed by atoms with Gasteiger partial charge in [-0.25, -0.2) is 0 Å². The summed E-state index contributed by atoms with van der Waals surface area (Å²) in [6.45, 7) is 2.04. The molecule has 1 heteroatoms. The molecule has 0 spiro atoms. The molecule has 0 amide bonds. The molecule has 4 rings (SSSR count). The minimum absolute atomic E-state index is 0.646. The van der Waals surface area contributed by atoms with E-state index in [-0.39, 0.29) is 0 Å². The van der Waals surface area contributed by atoms with E-state index >= 15 is 0 Å². The molecule has 1 nitrogen and oxygen atoms in total. The van der Waals surface area contributed by atoms with Crippen molar-refractivity contribution in [1.29, 1.82) is 0 Å². The van der Waals surface area contributed by atoms with Gasteiger partial charge < -0.3 is 0 Å². The fourth-order valence-corrected chi connectivity index (χ4v) is 3.57. The first-order chi connectivity index (χ1) is 11.9. The zero-order chi connectivity index (χ0) is 16.2. The van der Waals surface area contributed by atoms with Crippen molar-refractivity contribution in [2.24, 2.45) is 0 Å². The van der Waals surface area contributed by atoms with Crippen LogP contribution < -0.4 is 0 Å². The van der Waals surface area contributed by atoms with E-state index in [1.54, 1.807) is 0 Å². The van der Waals surface area contributed by atoms with Gasteiger partial charge in [-0.15, -0.1) is 0 Å². The number of rotatable bonds is 6. The Balaban J connectivity index is 1.52. The number of hydrogen-bond donors (Lipinski definition) is 0. The van der Waals surface area contributed by atoms with Gasteiger partial charge in [-0.1, -0.05) is 91.0 Å². The lowest BCUT2D eigenvalue weighted by Gasteiger charge is -2.23. The fourth-order valence-electron chi connectivity index (χ4n) is 3.57. The van der Waals surface area contributed by atoms with Crippen LogP contribution in [-0.4, -0.2) is 10.9 Å². The Bertz CT molecular complexity index is 710. The summed E-state index contributed by atoms with van der Waals surface area (Å²) in [7, 11) is 0. The lowest BCUT2D eigenvalue weighted by atomic mass is 10.1. The van der Waals surface area contributed by atoms with E-state index in [1.165, 1.54) is 23.1 Å². The highest BCUT2D eigenvalue weighted by Crippen LogP contribution is 2.45. The molecule has 0 saturated heterocycles. The molecular formula is C23H23N. The maximum Gasteiger partial charge on any atom is 0.0240 e. The molecule has 2 atom stereocenters. The van der Waals surface area contributed by atoms with Gasteiger partial charge in [0, 0.05) is 25.0 Å². The third-order valence-electron chi connectivity index (χ3n) is 4.91. The van der Waals surface area contributed by atoms with E-state index in [4.69, 9.17) is 0 Å². The average molecular weight is 313 g/mol. The fraction of sp³-hybridized carbons (Fsp3) is 0.217.